The van der Waals surface area contributed by atoms with Crippen molar-refractivity contribution in [2.45, 2.75) is 31.8 Å². The molecule has 7 heteroatoms. The highest BCUT2D eigenvalue weighted by Gasteiger charge is 2.21. The van der Waals surface area contributed by atoms with E-state index in [1.165, 1.54) is 7.11 Å². The van der Waals surface area contributed by atoms with Crippen molar-refractivity contribution in [1.29, 1.82) is 0 Å². The molecule has 0 aliphatic heterocycles. The van der Waals surface area contributed by atoms with E-state index in [0.29, 0.717) is 24.8 Å². The summed E-state index contributed by atoms with van der Waals surface area (Å²) in [5, 5.41) is 1.61. The van der Waals surface area contributed by atoms with E-state index in [1.54, 1.807) is 15.2 Å². The molecule has 1 atom stereocenters. The first-order valence-corrected chi connectivity index (χ1v) is 10.3. The second-order valence-corrected chi connectivity index (χ2v) is 7.46. The lowest BCUT2D eigenvalue weighted by Crippen LogP contribution is -2.26. The van der Waals surface area contributed by atoms with Gasteiger partial charge in [-0.2, -0.15) is 0 Å². The number of aryl methyl sites for hydroxylation is 2. The summed E-state index contributed by atoms with van der Waals surface area (Å²) in [7, 11) is 1.32. The maximum Gasteiger partial charge on any atom is 0.344 e. The minimum absolute atomic E-state index is 0.0361. The lowest BCUT2D eigenvalue weighted by atomic mass is 10.1. The summed E-state index contributed by atoms with van der Waals surface area (Å²) in [6.45, 7) is 2.48. The fraction of sp³-hybridized carbons (Fsp3) is 0.261. The third-order valence-electron chi connectivity index (χ3n) is 5.32. The quantitative estimate of drug-likeness (QED) is 0.346. The van der Waals surface area contributed by atoms with Crippen LogP contribution in [-0.4, -0.2) is 27.2 Å². The van der Waals surface area contributed by atoms with Crippen LogP contribution < -0.4 is 5.56 Å². The molecular weight excluding hydrogens is 402 g/mol. The fourth-order valence-electron chi connectivity index (χ4n) is 3.82. The summed E-state index contributed by atoms with van der Waals surface area (Å²) in [6, 6.07) is 15.2. The number of ether oxygens (including phenoxy) is 1. The van der Waals surface area contributed by atoms with Crippen LogP contribution in [0.4, 0.5) is 0 Å². The number of rotatable bonds is 6. The predicted molar refractivity (Wildman–Crippen MR) is 118 cm³/mol. The van der Waals surface area contributed by atoms with E-state index < -0.39 is 11.5 Å². The van der Waals surface area contributed by atoms with Gasteiger partial charge in [-0.3, -0.25) is 9.36 Å². The third kappa shape index (κ3) is 3.48. The molecule has 0 N–H and O–H groups in total. The van der Waals surface area contributed by atoms with E-state index in [1.807, 2.05) is 55.6 Å². The number of methoxy groups -OCH3 is 1. The lowest BCUT2D eigenvalue weighted by Gasteiger charge is -2.12. The molecule has 0 fully saturated rings. The van der Waals surface area contributed by atoms with Gasteiger partial charge in [0, 0.05) is 24.5 Å². The SMILES string of the molecule is CCc1nc2ccccc2c(=O)n1CCc1cn(C(Cl)C(=O)OC)c2ccccc12. The van der Waals surface area contributed by atoms with E-state index in [4.69, 9.17) is 16.3 Å². The number of benzene rings is 2. The molecule has 154 valence electrons. The number of nitrogens with zero attached hydrogens (tertiary/aromatic N) is 3. The van der Waals surface area contributed by atoms with Gasteiger partial charge >= 0.3 is 5.97 Å². The van der Waals surface area contributed by atoms with Crippen LogP contribution in [0.5, 0.6) is 0 Å². The molecule has 0 saturated heterocycles. The van der Waals surface area contributed by atoms with Crippen LogP contribution in [-0.2, 0) is 28.9 Å². The Kier molecular flexibility index (Phi) is 5.59. The average Bonchev–Trinajstić information content (AvgIpc) is 3.16. The standard InChI is InChI=1S/C23H22ClN3O3/c1-3-20-25-18-10-6-4-9-17(18)22(28)26(20)13-12-15-14-27(21(24)23(29)30-2)19-11-7-5-8-16(15)19/h4-11,14,21H,3,12-13H2,1-2H3. The Morgan fingerprint density at radius 1 is 1.13 bits per heavy atom. The molecule has 30 heavy (non-hydrogen) atoms. The van der Waals surface area contributed by atoms with Crippen LogP contribution in [0.1, 0.15) is 23.8 Å². The van der Waals surface area contributed by atoms with Crippen molar-refractivity contribution in [3.63, 3.8) is 0 Å². The number of esters is 1. The van der Waals surface area contributed by atoms with Gasteiger partial charge in [-0.15, -0.1) is 0 Å². The maximum atomic E-state index is 13.1. The first kappa shape index (κ1) is 20.2. The van der Waals surface area contributed by atoms with Gasteiger partial charge in [-0.25, -0.2) is 9.78 Å². The zero-order chi connectivity index (χ0) is 21.3. The molecular formula is C23H22ClN3O3. The number of hydrogen-bond acceptors (Lipinski definition) is 4. The number of alkyl halides is 1. The van der Waals surface area contributed by atoms with Crippen LogP contribution in [0.2, 0.25) is 0 Å². The van der Waals surface area contributed by atoms with Gasteiger partial charge in [0.1, 0.15) is 5.82 Å². The molecule has 2 heterocycles. The summed E-state index contributed by atoms with van der Waals surface area (Å²) in [5.41, 5.74) is 1.58. The highest BCUT2D eigenvalue weighted by Crippen LogP contribution is 2.28. The van der Waals surface area contributed by atoms with Crippen molar-refractivity contribution in [2.24, 2.45) is 0 Å². The van der Waals surface area contributed by atoms with E-state index in [2.05, 4.69) is 4.98 Å². The Morgan fingerprint density at radius 2 is 1.83 bits per heavy atom. The third-order valence-corrected chi connectivity index (χ3v) is 5.71. The monoisotopic (exact) mass is 423 g/mol. The van der Waals surface area contributed by atoms with Gasteiger partial charge in [0.2, 0.25) is 5.50 Å². The molecule has 2 aromatic heterocycles. The molecule has 4 aromatic rings. The van der Waals surface area contributed by atoms with Crippen LogP contribution in [0.25, 0.3) is 21.8 Å². The first-order valence-electron chi connectivity index (χ1n) is 9.84. The van der Waals surface area contributed by atoms with Crippen molar-refractivity contribution in [2.75, 3.05) is 7.11 Å². The summed E-state index contributed by atoms with van der Waals surface area (Å²) >= 11 is 6.33. The zero-order valence-corrected chi connectivity index (χ0v) is 17.6. The van der Waals surface area contributed by atoms with Gasteiger partial charge in [0.05, 0.1) is 23.5 Å². The van der Waals surface area contributed by atoms with E-state index >= 15 is 0 Å². The number of para-hydroxylation sites is 2. The van der Waals surface area contributed by atoms with Gasteiger partial charge in [0.15, 0.2) is 0 Å². The van der Waals surface area contributed by atoms with Gasteiger partial charge in [-0.05, 0) is 30.2 Å². The molecule has 0 bridgehead atoms. The average molecular weight is 424 g/mol. The highest BCUT2D eigenvalue weighted by atomic mass is 35.5. The number of hydrogen-bond donors (Lipinski definition) is 0. The van der Waals surface area contributed by atoms with Gasteiger partial charge < -0.3 is 9.30 Å². The molecule has 0 aliphatic carbocycles. The fourth-order valence-corrected chi connectivity index (χ4v) is 4.07. The van der Waals surface area contributed by atoms with E-state index in [9.17, 15) is 9.59 Å². The molecule has 2 aromatic carbocycles. The van der Waals surface area contributed by atoms with Gasteiger partial charge in [-0.1, -0.05) is 48.9 Å². The Labute approximate surface area is 178 Å². The summed E-state index contributed by atoms with van der Waals surface area (Å²) in [6.07, 6.45) is 3.13. The first-order chi connectivity index (χ1) is 14.5. The summed E-state index contributed by atoms with van der Waals surface area (Å²) in [4.78, 5) is 29.7. The van der Waals surface area contributed by atoms with Crippen molar-refractivity contribution in [3.8, 4) is 0 Å². The molecule has 0 saturated carbocycles. The van der Waals surface area contributed by atoms with Crippen molar-refractivity contribution in [1.82, 2.24) is 14.1 Å². The Bertz CT molecular complexity index is 1290. The topological polar surface area (TPSA) is 66.1 Å². The van der Waals surface area contributed by atoms with Crippen LogP contribution in [0.3, 0.4) is 0 Å². The minimum Gasteiger partial charge on any atom is -0.467 e. The lowest BCUT2D eigenvalue weighted by molar-refractivity contribution is -0.141. The zero-order valence-electron chi connectivity index (χ0n) is 16.8. The highest BCUT2D eigenvalue weighted by molar-refractivity contribution is 6.28. The Balaban J connectivity index is 1.74. The molecule has 0 aliphatic rings. The molecule has 1 unspecified atom stereocenters. The number of carbonyl (C=O) groups is 1. The maximum absolute atomic E-state index is 13.1. The summed E-state index contributed by atoms with van der Waals surface area (Å²) in [5.74, 6) is 0.236. The largest absolute Gasteiger partial charge is 0.467 e. The van der Waals surface area contributed by atoms with Crippen LogP contribution >= 0.6 is 11.6 Å². The minimum atomic E-state index is -0.954. The summed E-state index contributed by atoms with van der Waals surface area (Å²) < 4.78 is 8.25. The van der Waals surface area contributed by atoms with Crippen molar-refractivity contribution in [3.05, 3.63) is 76.5 Å². The van der Waals surface area contributed by atoms with Gasteiger partial charge in [0.25, 0.3) is 5.56 Å². The number of aromatic nitrogens is 3. The molecule has 6 nitrogen and oxygen atoms in total. The van der Waals surface area contributed by atoms with Crippen LogP contribution in [0.15, 0.2) is 59.5 Å². The molecule has 0 radical (unpaired) electrons. The number of fused-ring (bicyclic) bond motifs is 2. The molecule has 0 spiro atoms. The number of halogens is 1. The Hall–Kier alpha value is -3.12. The predicted octanol–water partition coefficient (Wildman–Crippen LogP) is 4.07. The second-order valence-electron chi connectivity index (χ2n) is 7.04. The molecule has 4 rings (SSSR count). The second kappa shape index (κ2) is 8.32. The van der Waals surface area contributed by atoms with Crippen LogP contribution in [0, 0.1) is 0 Å². The molecule has 0 amide bonds. The smallest absolute Gasteiger partial charge is 0.344 e. The van der Waals surface area contributed by atoms with Crippen molar-refractivity contribution >= 4 is 39.4 Å². The number of carbonyl (C=O) groups excluding carboxylic acids is 1. The van der Waals surface area contributed by atoms with E-state index in [0.717, 1.165) is 27.8 Å². The Morgan fingerprint density at radius 3 is 2.57 bits per heavy atom. The van der Waals surface area contributed by atoms with E-state index in [-0.39, 0.29) is 5.56 Å². The normalized spacial score (nSPS) is 12.4. The van der Waals surface area contributed by atoms with Crippen molar-refractivity contribution < 1.29 is 9.53 Å².